The minimum Gasteiger partial charge on any atom is -0.475 e. The number of carboxylic acids is 1. The second kappa shape index (κ2) is 6.66. The Hall–Kier alpha value is -2.51. The van der Waals surface area contributed by atoms with Crippen LogP contribution >= 0.6 is 11.3 Å². The third-order valence-corrected chi connectivity index (χ3v) is 6.14. The largest absolute Gasteiger partial charge is 0.475 e. The van der Waals surface area contributed by atoms with Crippen molar-refractivity contribution in [2.75, 3.05) is 0 Å². The molecule has 0 radical (unpaired) electrons. The van der Waals surface area contributed by atoms with Crippen LogP contribution in [-0.2, 0) is 19.3 Å². The number of nitrogens with zero attached hydrogens (tertiary/aromatic N) is 1. The lowest BCUT2D eigenvalue weighted by molar-refractivity contribution is 0.0683. The van der Waals surface area contributed by atoms with Crippen LogP contribution in [0.1, 0.15) is 51.1 Å². The summed E-state index contributed by atoms with van der Waals surface area (Å²) in [5, 5.41) is 9.37. The van der Waals surface area contributed by atoms with Crippen LogP contribution in [0.3, 0.4) is 0 Å². The lowest BCUT2D eigenvalue weighted by atomic mass is 10.1. The number of nitrogens with two attached hydrogens (primary N) is 1. The van der Waals surface area contributed by atoms with Crippen molar-refractivity contribution in [3.8, 4) is 0 Å². The Morgan fingerprint density at radius 2 is 2.08 bits per heavy atom. The summed E-state index contributed by atoms with van der Waals surface area (Å²) in [5.41, 5.74) is 9.36. The van der Waals surface area contributed by atoms with Crippen molar-refractivity contribution in [1.82, 2.24) is 9.97 Å². The van der Waals surface area contributed by atoms with Gasteiger partial charge in [-0.2, -0.15) is 0 Å². The molecule has 0 fully saturated rings. The molecule has 2 aliphatic carbocycles. The quantitative estimate of drug-likeness (QED) is 0.611. The van der Waals surface area contributed by atoms with E-state index in [-0.39, 0.29) is 11.4 Å². The van der Waals surface area contributed by atoms with Gasteiger partial charge in [0.2, 0.25) is 5.82 Å². The van der Waals surface area contributed by atoms with Gasteiger partial charge in [-0.25, -0.2) is 9.78 Å². The van der Waals surface area contributed by atoms with Crippen molar-refractivity contribution in [3.05, 3.63) is 62.0 Å². The van der Waals surface area contributed by atoms with Gasteiger partial charge in [0.15, 0.2) is 0 Å². The molecule has 7 heteroatoms. The molecule has 5 rings (SSSR count). The van der Waals surface area contributed by atoms with E-state index in [1.54, 1.807) is 0 Å². The molecular formula is C19H19N3O3S. The van der Waals surface area contributed by atoms with Gasteiger partial charge in [0.1, 0.15) is 4.83 Å². The fourth-order valence-electron chi connectivity index (χ4n) is 3.69. The summed E-state index contributed by atoms with van der Waals surface area (Å²) in [6.07, 6.45) is 5.22. The Bertz CT molecular complexity index is 1050. The number of aromatic carboxylic acids is 1. The van der Waals surface area contributed by atoms with Gasteiger partial charge >= 0.3 is 5.97 Å². The van der Waals surface area contributed by atoms with Crippen LogP contribution in [0.4, 0.5) is 0 Å². The summed E-state index contributed by atoms with van der Waals surface area (Å²) in [6, 6.07) is 8.74. The van der Waals surface area contributed by atoms with Crippen LogP contribution in [0, 0.1) is 0 Å². The zero-order chi connectivity index (χ0) is 18.3. The van der Waals surface area contributed by atoms with Crippen LogP contribution < -0.4 is 11.3 Å². The van der Waals surface area contributed by atoms with Crippen molar-refractivity contribution in [3.63, 3.8) is 0 Å². The van der Waals surface area contributed by atoms with E-state index in [0.29, 0.717) is 16.3 Å². The molecule has 1 atom stereocenters. The van der Waals surface area contributed by atoms with Crippen molar-refractivity contribution in [1.29, 1.82) is 0 Å². The molecule has 0 bridgehead atoms. The topological polar surface area (TPSA) is 109 Å². The molecular weight excluding hydrogens is 350 g/mol. The number of thiophene rings is 1. The first-order chi connectivity index (χ1) is 12.5. The number of H-pyrrole nitrogens is 1. The number of hydrogen-bond donors (Lipinski definition) is 3. The highest BCUT2D eigenvalue weighted by Gasteiger charge is 2.22. The average molecular weight is 369 g/mol. The van der Waals surface area contributed by atoms with Gasteiger partial charge in [0.05, 0.1) is 5.39 Å². The number of nitrogens with one attached hydrogen (secondary N) is 1. The molecule has 6 nitrogen and oxygen atoms in total. The van der Waals surface area contributed by atoms with Crippen LogP contribution in [0.25, 0.3) is 10.2 Å². The molecule has 134 valence electrons. The Morgan fingerprint density at radius 3 is 2.85 bits per heavy atom. The Morgan fingerprint density at radius 1 is 1.27 bits per heavy atom. The minimum atomic E-state index is -1.20. The smallest absolute Gasteiger partial charge is 0.372 e. The van der Waals surface area contributed by atoms with E-state index >= 15 is 0 Å². The van der Waals surface area contributed by atoms with E-state index < -0.39 is 5.97 Å². The van der Waals surface area contributed by atoms with Crippen LogP contribution in [0.15, 0.2) is 29.1 Å². The first-order valence-corrected chi connectivity index (χ1v) is 9.47. The number of carbonyl (C=O) groups is 1. The Kier molecular flexibility index (Phi) is 4.34. The van der Waals surface area contributed by atoms with Gasteiger partial charge < -0.3 is 15.8 Å². The predicted molar refractivity (Wildman–Crippen MR) is 101 cm³/mol. The summed E-state index contributed by atoms with van der Waals surface area (Å²) in [7, 11) is 0. The highest BCUT2D eigenvalue weighted by Crippen LogP contribution is 2.34. The zero-order valence-electron chi connectivity index (χ0n) is 14.1. The van der Waals surface area contributed by atoms with Gasteiger partial charge in [0, 0.05) is 10.9 Å². The van der Waals surface area contributed by atoms with Gasteiger partial charge in [-0.3, -0.25) is 4.79 Å². The molecule has 0 amide bonds. The molecule has 26 heavy (non-hydrogen) atoms. The number of carboxylic acid groups (broad SMARTS) is 1. The van der Waals surface area contributed by atoms with E-state index in [4.69, 9.17) is 10.8 Å². The van der Waals surface area contributed by atoms with Crippen molar-refractivity contribution in [2.45, 2.75) is 38.1 Å². The molecule has 2 heterocycles. The standard InChI is InChI=1S/C10H8N2O3S.C9H11N/c13-8-6-4-2-1-3-5(4)16-9(6)12-7(11-8)10(14)15;10-9-6-5-7-3-1-2-4-8(7)9/h1-3H2,(H,14,15)(H,11,12,13);1-4,9H,5-6,10H2/t;9-/m.1/s1. The molecule has 3 aromatic rings. The first-order valence-electron chi connectivity index (χ1n) is 8.66. The third-order valence-electron chi connectivity index (χ3n) is 4.96. The van der Waals surface area contributed by atoms with Gasteiger partial charge in [-0.05, 0) is 48.8 Å². The SMILES string of the molecule is N[C@@H]1CCc2ccccc21.O=C(O)c1nc2sc3c(c2c(=O)[nH]1)CCC3. The molecule has 0 unspecified atom stereocenters. The van der Waals surface area contributed by atoms with Crippen molar-refractivity contribution >= 4 is 27.5 Å². The monoisotopic (exact) mass is 369 g/mol. The lowest BCUT2D eigenvalue weighted by Gasteiger charge is -2.01. The van der Waals surface area contributed by atoms with E-state index in [2.05, 4.69) is 34.2 Å². The summed E-state index contributed by atoms with van der Waals surface area (Å²) in [6.45, 7) is 0. The number of aryl methyl sites for hydroxylation is 3. The van der Waals surface area contributed by atoms with Crippen LogP contribution in [0.2, 0.25) is 0 Å². The summed E-state index contributed by atoms with van der Waals surface area (Å²) in [5.74, 6) is -1.48. The second-order valence-electron chi connectivity index (χ2n) is 6.60. The fourth-order valence-corrected chi connectivity index (χ4v) is 4.96. The van der Waals surface area contributed by atoms with Gasteiger partial charge in [-0.15, -0.1) is 11.3 Å². The van der Waals surface area contributed by atoms with Crippen molar-refractivity contribution in [2.24, 2.45) is 5.73 Å². The fraction of sp³-hybridized carbons (Fsp3) is 0.316. The van der Waals surface area contributed by atoms with Crippen LogP contribution in [0.5, 0.6) is 0 Å². The van der Waals surface area contributed by atoms with E-state index in [9.17, 15) is 9.59 Å². The molecule has 0 saturated heterocycles. The normalized spacial score (nSPS) is 17.5. The summed E-state index contributed by atoms with van der Waals surface area (Å²) >= 11 is 1.44. The molecule has 2 aromatic heterocycles. The van der Waals surface area contributed by atoms with E-state index in [1.165, 1.54) is 27.3 Å². The maximum absolute atomic E-state index is 11.8. The number of rotatable bonds is 1. The third kappa shape index (κ3) is 2.93. The summed E-state index contributed by atoms with van der Waals surface area (Å²) < 4.78 is 0. The van der Waals surface area contributed by atoms with Gasteiger partial charge in [0.25, 0.3) is 5.56 Å². The minimum absolute atomic E-state index is 0.280. The van der Waals surface area contributed by atoms with Gasteiger partial charge in [-0.1, -0.05) is 24.3 Å². The molecule has 0 aliphatic heterocycles. The van der Waals surface area contributed by atoms with E-state index in [1.807, 2.05) is 0 Å². The predicted octanol–water partition coefficient (Wildman–Crippen LogP) is 2.80. The molecule has 4 N–H and O–H groups in total. The number of aromatic amines is 1. The second-order valence-corrected chi connectivity index (χ2v) is 7.68. The Balaban J connectivity index is 0.000000144. The lowest BCUT2D eigenvalue weighted by Crippen LogP contribution is -2.15. The van der Waals surface area contributed by atoms with Crippen molar-refractivity contribution < 1.29 is 9.90 Å². The van der Waals surface area contributed by atoms with E-state index in [0.717, 1.165) is 37.7 Å². The average Bonchev–Trinajstić information content (AvgIpc) is 3.30. The summed E-state index contributed by atoms with van der Waals surface area (Å²) in [4.78, 5) is 30.5. The number of benzene rings is 1. The maximum Gasteiger partial charge on any atom is 0.372 e. The Labute approximate surface area is 153 Å². The highest BCUT2D eigenvalue weighted by atomic mass is 32.1. The van der Waals surface area contributed by atoms with Crippen LogP contribution in [-0.4, -0.2) is 21.0 Å². The molecule has 1 aromatic carbocycles. The first kappa shape index (κ1) is 16.9. The molecule has 2 aliphatic rings. The zero-order valence-corrected chi connectivity index (χ0v) is 14.9. The molecule has 0 saturated carbocycles. The number of aromatic nitrogens is 2. The highest BCUT2D eigenvalue weighted by molar-refractivity contribution is 7.18. The number of hydrogen-bond acceptors (Lipinski definition) is 5. The maximum atomic E-state index is 11.8. The molecule has 0 spiro atoms. The number of fused-ring (bicyclic) bond motifs is 4.